The Morgan fingerprint density at radius 3 is 2.40 bits per heavy atom. The molecule has 0 amide bonds. The number of fused-ring (bicyclic) bond motifs is 1. The zero-order valence-electron chi connectivity index (χ0n) is 16.9. The fourth-order valence-electron chi connectivity index (χ4n) is 3.42. The van der Waals surface area contributed by atoms with Crippen molar-refractivity contribution in [1.82, 2.24) is 4.98 Å². The second-order valence-corrected chi connectivity index (χ2v) is 6.84. The molecule has 3 rings (SSSR count). The van der Waals surface area contributed by atoms with Crippen molar-refractivity contribution in [3.05, 3.63) is 81.0 Å². The molecule has 0 spiro atoms. The third-order valence-corrected chi connectivity index (χ3v) is 4.86. The number of para-hydroxylation sites is 1. The molecule has 0 saturated heterocycles. The van der Waals surface area contributed by atoms with Gasteiger partial charge in [-0.05, 0) is 36.6 Å². The van der Waals surface area contributed by atoms with Gasteiger partial charge in [0.25, 0.3) is 5.69 Å². The summed E-state index contributed by atoms with van der Waals surface area (Å²) < 4.78 is 5.36. The number of benzene rings is 2. The van der Waals surface area contributed by atoms with Gasteiger partial charge in [-0.2, -0.15) is 0 Å². The van der Waals surface area contributed by atoms with E-state index in [-0.39, 0.29) is 11.3 Å². The smallest absolute Gasteiger partial charge is 0.339 e. The van der Waals surface area contributed by atoms with Crippen LogP contribution in [0.15, 0.2) is 48.5 Å². The summed E-state index contributed by atoms with van der Waals surface area (Å²) in [6.07, 6.45) is 2.26. The zero-order chi connectivity index (χ0) is 21.7. The molecule has 30 heavy (non-hydrogen) atoms. The van der Waals surface area contributed by atoms with Crippen molar-refractivity contribution in [2.45, 2.75) is 33.1 Å². The first-order chi connectivity index (χ1) is 14.5. The number of aromatic nitrogens is 1. The SMILES string of the molecule is CCCc1nc2ccccc2c(C(=O)OCC(=O)c2ccc([N+](=O)[O-])cc2)c1CC. The highest BCUT2D eigenvalue weighted by atomic mass is 16.6. The van der Waals surface area contributed by atoms with Gasteiger partial charge in [0.1, 0.15) is 0 Å². The second-order valence-electron chi connectivity index (χ2n) is 6.84. The number of nitrogens with zero attached hydrogens (tertiary/aromatic N) is 2. The number of hydrogen-bond donors (Lipinski definition) is 0. The van der Waals surface area contributed by atoms with Gasteiger partial charge in [-0.25, -0.2) is 4.79 Å². The summed E-state index contributed by atoms with van der Waals surface area (Å²) in [5, 5.41) is 11.4. The summed E-state index contributed by atoms with van der Waals surface area (Å²) in [5.41, 5.74) is 3.00. The summed E-state index contributed by atoms with van der Waals surface area (Å²) >= 11 is 0. The highest BCUT2D eigenvalue weighted by Crippen LogP contribution is 2.26. The quantitative estimate of drug-likeness (QED) is 0.233. The lowest BCUT2D eigenvalue weighted by molar-refractivity contribution is -0.384. The highest BCUT2D eigenvalue weighted by Gasteiger charge is 2.21. The predicted octanol–water partition coefficient (Wildman–Crippen LogP) is 4.70. The first-order valence-corrected chi connectivity index (χ1v) is 9.81. The van der Waals surface area contributed by atoms with Crippen LogP contribution in [0.5, 0.6) is 0 Å². The van der Waals surface area contributed by atoms with Gasteiger partial charge in [0, 0.05) is 28.8 Å². The average molecular weight is 406 g/mol. The molecule has 7 nitrogen and oxygen atoms in total. The lowest BCUT2D eigenvalue weighted by atomic mass is 9.96. The van der Waals surface area contributed by atoms with Crippen LogP contribution in [0.1, 0.15) is 52.2 Å². The van der Waals surface area contributed by atoms with Crippen LogP contribution in [0.4, 0.5) is 5.69 Å². The number of hydrogen-bond acceptors (Lipinski definition) is 6. The maximum atomic E-state index is 13.0. The second kappa shape index (κ2) is 9.26. The van der Waals surface area contributed by atoms with Crippen LogP contribution >= 0.6 is 0 Å². The molecule has 0 radical (unpaired) electrons. The third-order valence-electron chi connectivity index (χ3n) is 4.86. The molecular formula is C23H22N2O5. The number of carbonyl (C=O) groups is 2. The molecule has 0 aliphatic heterocycles. The molecule has 7 heteroatoms. The van der Waals surface area contributed by atoms with Gasteiger partial charge >= 0.3 is 5.97 Å². The van der Waals surface area contributed by atoms with Crippen molar-refractivity contribution in [3.8, 4) is 0 Å². The number of nitro groups is 1. The number of carbonyl (C=O) groups excluding carboxylic acids is 2. The summed E-state index contributed by atoms with van der Waals surface area (Å²) in [6, 6.07) is 12.6. The first-order valence-electron chi connectivity index (χ1n) is 9.81. The van der Waals surface area contributed by atoms with E-state index in [0.717, 1.165) is 24.1 Å². The van der Waals surface area contributed by atoms with Crippen LogP contribution in [-0.4, -0.2) is 28.3 Å². The molecule has 0 fully saturated rings. The minimum absolute atomic E-state index is 0.108. The zero-order valence-corrected chi connectivity index (χ0v) is 16.9. The predicted molar refractivity (Wildman–Crippen MR) is 113 cm³/mol. The summed E-state index contributed by atoms with van der Waals surface area (Å²) in [4.78, 5) is 40.3. The third kappa shape index (κ3) is 4.35. The van der Waals surface area contributed by atoms with E-state index >= 15 is 0 Å². The molecule has 0 unspecified atom stereocenters. The van der Waals surface area contributed by atoms with Crippen molar-refractivity contribution < 1.29 is 19.2 Å². The van der Waals surface area contributed by atoms with Gasteiger partial charge < -0.3 is 4.74 Å². The maximum Gasteiger partial charge on any atom is 0.339 e. The van der Waals surface area contributed by atoms with Crippen LogP contribution in [-0.2, 0) is 17.6 Å². The molecule has 1 heterocycles. The van der Waals surface area contributed by atoms with E-state index in [2.05, 4.69) is 6.92 Å². The fourth-order valence-corrected chi connectivity index (χ4v) is 3.42. The van der Waals surface area contributed by atoms with Gasteiger partial charge in [-0.3, -0.25) is 19.9 Å². The molecule has 1 aromatic heterocycles. The highest BCUT2D eigenvalue weighted by molar-refractivity contribution is 6.06. The Hall–Kier alpha value is -3.61. The number of nitro benzene ring substituents is 1. The van der Waals surface area contributed by atoms with Crippen LogP contribution in [0.3, 0.4) is 0 Å². The number of ether oxygens (including phenoxy) is 1. The molecule has 0 atom stereocenters. The van der Waals surface area contributed by atoms with Crippen molar-refractivity contribution >= 4 is 28.3 Å². The summed E-state index contributed by atoms with van der Waals surface area (Å²) in [5.74, 6) is -0.999. The van der Waals surface area contributed by atoms with E-state index in [9.17, 15) is 19.7 Å². The molecule has 0 saturated carbocycles. The number of rotatable bonds is 8. The van der Waals surface area contributed by atoms with Crippen molar-refractivity contribution in [2.24, 2.45) is 0 Å². The van der Waals surface area contributed by atoms with Gasteiger partial charge in [0.05, 0.1) is 16.0 Å². The molecule has 0 N–H and O–H groups in total. The lowest BCUT2D eigenvalue weighted by Crippen LogP contribution is -2.17. The number of esters is 1. The van der Waals surface area contributed by atoms with Gasteiger partial charge in [0.2, 0.25) is 0 Å². The minimum Gasteiger partial charge on any atom is -0.454 e. The van der Waals surface area contributed by atoms with Crippen LogP contribution in [0, 0.1) is 10.1 Å². The molecule has 154 valence electrons. The molecule has 0 aliphatic carbocycles. The van der Waals surface area contributed by atoms with Crippen molar-refractivity contribution in [1.29, 1.82) is 0 Å². The number of pyridine rings is 1. The fraction of sp³-hybridized carbons (Fsp3) is 0.261. The van der Waals surface area contributed by atoms with E-state index in [1.54, 1.807) is 0 Å². The molecule has 2 aromatic carbocycles. The maximum absolute atomic E-state index is 13.0. The van der Waals surface area contributed by atoms with Gasteiger partial charge in [0.15, 0.2) is 12.4 Å². The Balaban J connectivity index is 1.87. The van der Waals surface area contributed by atoms with Gasteiger partial charge in [-0.15, -0.1) is 0 Å². The van der Waals surface area contributed by atoms with E-state index in [4.69, 9.17) is 9.72 Å². The van der Waals surface area contributed by atoms with Crippen molar-refractivity contribution in [3.63, 3.8) is 0 Å². The van der Waals surface area contributed by atoms with E-state index < -0.39 is 23.3 Å². The molecule has 0 bridgehead atoms. The summed E-state index contributed by atoms with van der Waals surface area (Å²) in [7, 11) is 0. The average Bonchev–Trinajstić information content (AvgIpc) is 2.76. The molecule has 0 aliphatic rings. The van der Waals surface area contributed by atoms with E-state index in [1.807, 2.05) is 31.2 Å². The largest absolute Gasteiger partial charge is 0.454 e. The van der Waals surface area contributed by atoms with Crippen LogP contribution in [0.25, 0.3) is 10.9 Å². The Morgan fingerprint density at radius 1 is 1.07 bits per heavy atom. The van der Waals surface area contributed by atoms with Crippen LogP contribution in [0.2, 0.25) is 0 Å². The summed E-state index contributed by atoms with van der Waals surface area (Å²) in [6.45, 7) is 3.57. The van der Waals surface area contributed by atoms with E-state index in [1.165, 1.54) is 24.3 Å². The van der Waals surface area contributed by atoms with Crippen LogP contribution < -0.4 is 0 Å². The normalized spacial score (nSPS) is 10.7. The molecule has 3 aromatic rings. The standard InChI is InChI=1S/C23H22N2O5/c1-3-7-19-17(4-2)22(18-8-5-6-9-20(18)24-19)23(27)30-14-21(26)15-10-12-16(13-11-15)25(28)29/h5-6,8-13H,3-4,7,14H2,1-2H3. The Bertz CT molecular complexity index is 1110. The number of Topliss-reactive ketones (excluding diaryl/α,β-unsaturated/α-hetero) is 1. The van der Waals surface area contributed by atoms with E-state index in [0.29, 0.717) is 22.9 Å². The monoisotopic (exact) mass is 406 g/mol. The Morgan fingerprint density at radius 2 is 1.77 bits per heavy atom. The van der Waals surface area contributed by atoms with Crippen molar-refractivity contribution in [2.75, 3.05) is 6.61 Å². The molecular weight excluding hydrogens is 384 g/mol. The number of non-ortho nitro benzene ring substituents is 1. The first kappa shape index (κ1) is 21.1. The lowest BCUT2D eigenvalue weighted by Gasteiger charge is -2.15. The number of aryl methyl sites for hydroxylation is 1. The minimum atomic E-state index is -0.571. The Kier molecular flexibility index (Phi) is 6.51. The topological polar surface area (TPSA) is 99.4 Å². The Labute approximate surface area is 173 Å². The van der Waals surface area contributed by atoms with Gasteiger partial charge in [-0.1, -0.05) is 38.5 Å². The number of ketones is 1.